The van der Waals surface area contributed by atoms with E-state index in [0.717, 1.165) is 0 Å². The Bertz CT molecular complexity index is 555. The van der Waals surface area contributed by atoms with E-state index in [9.17, 15) is 0 Å². The Morgan fingerprint density at radius 3 is 2.29 bits per heavy atom. The summed E-state index contributed by atoms with van der Waals surface area (Å²) in [6.07, 6.45) is 2.85. The Labute approximate surface area is 108 Å². The van der Waals surface area contributed by atoms with Crippen molar-refractivity contribution < 1.29 is 0 Å². The first-order valence-electron chi connectivity index (χ1n) is 4.62. The summed E-state index contributed by atoms with van der Waals surface area (Å²) in [5, 5.41) is 12.6. The standard InChI is InChI=1S/C11H6Cl2N4/c12-7-1-8(13)3-9(2-7)17-11-6-15-10(4-14)5-16-11/h1-3,5-6H,(H,16,17). The van der Waals surface area contributed by atoms with Crippen LogP contribution in [-0.4, -0.2) is 9.97 Å². The first kappa shape index (κ1) is 11.6. The number of halogens is 2. The van der Waals surface area contributed by atoms with Crippen molar-refractivity contribution in [3.63, 3.8) is 0 Å². The zero-order valence-corrected chi connectivity index (χ0v) is 10.00. The van der Waals surface area contributed by atoms with Crippen molar-refractivity contribution in [2.75, 3.05) is 5.32 Å². The highest BCUT2D eigenvalue weighted by Gasteiger charge is 2.00. The molecule has 0 fully saturated rings. The fourth-order valence-electron chi connectivity index (χ4n) is 1.22. The van der Waals surface area contributed by atoms with E-state index < -0.39 is 0 Å². The minimum absolute atomic E-state index is 0.264. The van der Waals surface area contributed by atoms with Crippen molar-refractivity contribution in [3.05, 3.63) is 46.3 Å². The molecular formula is C11H6Cl2N4. The molecule has 0 aliphatic carbocycles. The van der Waals surface area contributed by atoms with Crippen LogP contribution in [0.5, 0.6) is 0 Å². The third kappa shape index (κ3) is 3.06. The largest absolute Gasteiger partial charge is 0.339 e. The number of aromatic nitrogens is 2. The lowest BCUT2D eigenvalue weighted by Crippen LogP contribution is -1.95. The van der Waals surface area contributed by atoms with Gasteiger partial charge in [0.1, 0.15) is 11.9 Å². The molecule has 0 aliphatic heterocycles. The molecule has 4 nitrogen and oxygen atoms in total. The summed E-state index contributed by atoms with van der Waals surface area (Å²) < 4.78 is 0. The smallest absolute Gasteiger partial charge is 0.158 e. The zero-order chi connectivity index (χ0) is 12.3. The van der Waals surface area contributed by atoms with Crippen LogP contribution in [0.4, 0.5) is 11.5 Å². The Morgan fingerprint density at radius 1 is 1.06 bits per heavy atom. The van der Waals surface area contributed by atoms with Crippen LogP contribution in [0.15, 0.2) is 30.6 Å². The highest BCUT2D eigenvalue weighted by molar-refractivity contribution is 6.35. The van der Waals surface area contributed by atoms with Gasteiger partial charge in [-0.05, 0) is 18.2 Å². The second-order valence-electron chi connectivity index (χ2n) is 3.18. The molecule has 0 amide bonds. The van der Waals surface area contributed by atoms with Crippen molar-refractivity contribution in [3.8, 4) is 6.07 Å². The second kappa shape index (κ2) is 5.00. The number of benzene rings is 1. The van der Waals surface area contributed by atoms with E-state index in [0.29, 0.717) is 21.6 Å². The molecule has 0 atom stereocenters. The lowest BCUT2D eigenvalue weighted by molar-refractivity contribution is 1.16. The molecule has 0 unspecified atom stereocenters. The van der Waals surface area contributed by atoms with Gasteiger partial charge in [0.05, 0.1) is 12.4 Å². The minimum Gasteiger partial charge on any atom is -0.339 e. The normalized spacial score (nSPS) is 9.71. The Balaban J connectivity index is 2.22. The maximum Gasteiger partial charge on any atom is 0.158 e. The molecule has 2 aromatic rings. The van der Waals surface area contributed by atoms with Gasteiger partial charge in [0.15, 0.2) is 5.69 Å². The number of rotatable bonds is 2. The molecule has 84 valence electrons. The molecule has 0 saturated carbocycles. The predicted molar refractivity (Wildman–Crippen MR) is 66.5 cm³/mol. The van der Waals surface area contributed by atoms with E-state index in [1.54, 1.807) is 18.2 Å². The lowest BCUT2D eigenvalue weighted by atomic mass is 10.3. The summed E-state index contributed by atoms with van der Waals surface area (Å²) in [4.78, 5) is 7.91. The average molecular weight is 265 g/mol. The van der Waals surface area contributed by atoms with E-state index >= 15 is 0 Å². The van der Waals surface area contributed by atoms with Gasteiger partial charge in [0.25, 0.3) is 0 Å². The molecular weight excluding hydrogens is 259 g/mol. The van der Waals surface area contributed by atoms with Gasteiger partial charge in [-0.1, -0.05) is 23.2 Å². The molecule has 1 heterocycles. The maximum atomic E-state index is 8.58. The van der Waals surface area contributed by atoms with Gasteiger partial charge in [-0.15, -0.1) is 0 Å². The SMILES string of the molecule is N#Cc1cnc(Nc2cc(Cl)cc(Cl)c2)cn1. The van der Waals surface area contributed by atoms with Crippen LogP contribution in [-0.2, 0) is 0 Å². The first-order chi connectivity index (χ1) is 8.17. The highest BCUT2D eigenvalue weighted by atomic mass is 35.5. The summed E-state index contributed by atoms with van der Waals surface area (Å²) >= 11 is 11.7. The van der Waals surface area contributed by atoms with E-state index in [1.165, 1.54) is 12.4 Å². The van der Waals surface area contributed by atoms with Crippen LogP contribution in [0, 0.1) is 11.3 Å². The van der Waals surface area contributed by atoms with Crippen LogP contribution >= 0.6 is 23.2 Å². The van der Waals surface area contributed by atoms with Crippen LogP contribution in [0.3, 0.4) is 0 Å². The van der Waals surface area contributed by atoms with Crippen molar-refractivity contribution in [1.82, 2.24) is 9.97 Å². The minimum atomic E-state index is 0.264. The van der Waals surface area contributed by atoms with Crippen LogP contribution in [0.25, 0.3) is 0 Å². The van der Waals surface area contributed by atoms with Crippen LogP contribution in [0.2, 0.25) is 10.0 Å². The molecule has 2 rings (SSSR count). The zero-order valence-electron chi connectivity index (χ0n) is 8.48. The van der Waals surface area contributed by atoms with Gasteiger partial charge in [-0.25, -0.2) is 9.97 Å². The van der Waals surface area contributed by atoms with Gasteiger partial charge in [-0.2, -0.15) is 5.26 Å². The summed E-state index contributed by atoms with van der Waals surface area (Å²) in [5.41, 5.74) is 0.973. The highest BCUT2D eigenvalue weighted by Crippen LogP contribution is 2.24. The second-order valence-corrected chi connectivity index (χ2v) is 4.05. The molecule has 1 aromatic carbocycles. The van der Waals surface area contributed by atoms with Crippen molar-refractivity contribution in [2.45, 2.75) is 0 Å². The van der Waals surface area contributed by atoms with Gasteiger partial charge in [-0.3, -0.25) is 0 Å². The Morgan fingerprint density at radius 2 is 1.76 bits per heavy atom. The lowest BCUT2D eigenvalue weighted by Gasteiger charge is -2.05. The van der Waals surface area contributed by atoms with Gasteiger partial charge in [0, 0.05) is 15.7 Å². The number of nitrogens with one attached hydrogen (secondary N) is 1. The average Bonchev–Trinajstić information content (AvgIpc) is 2.28. The predicted octanol–water partition coefficient (Wildman–Crippen LogP) is 3.40. The summed E-state index contributed by atoms with van der Waals surface area (Å²) in [5.74, 6) is 0.516. The van der Waals surface area contributed by atoms with E-state index in [-0.39, 0.29) is 5.69 Å². The number of anilines is 2. The quantitative estimate of drug-likeness (QED) is 0.903. The topological polar surface area (TPSA) is 61.6 Å². The molecule has 6 heteroatoms. The summed E-state index contributed by atoms with van der Waals surface area (Å²) in [6.45, 7) is 0. The maximum absolute atomic E-state index is 8.58. The van der Waals surface area contributed by atoms with E-state index in [1.807, 2.05) is 6.07 Å². The molecule has 17 heavy (non-hydrogen) atoms. The van der Waals surface area contributed by atoms with E-state index in [4.69, 9.17) is 28.5 Å². The molecule has 1 N–H and O–H groups in total. The van der Waals surface area contributed by atoms with Crippen molar-refractivity contribution in [1.29, 1.82) is 5.26 Å². The Kier molecular flexibility index (Phi) is 3.43. The number of nitrogens with zero attached hydrogens (tertiary/aromatic N) is 3. The third-order valence-corrected chi connectivity index (χ3v) is 2.34. The third-order valence-electron chi connectivity index (χ3n) is 1.90. The van der Waals surface area contributed by atoms with Crippen LogP contribution < -0.4 is 5.32 Å². The molecule has 0 aliphatic rings. The van der Waals surface area contributed by atoms with Crippen molar-refractivity contribution in [2.24, 2.45) is 0 Å². The van der Waals surface area contributed by atoms with Gasteiger partial charge in [0.2, 0.25) is 0 Å². The van der Waals surface area contributed by atoms with Gasteiger partial charge >= 0.3 is 0 Å². The van der Waals surface area contributed by atoms with E-state index in [2.05, 4.69) is 15.3 Å². The van der Waals surface area contributed by atoms with Gasteiger partial charge < -0.3 is 5.32 Å². The Hall–Kier alpha value is -1.83. The van der Waals surface area contributed by atoms with Crippen LogP contribution in [0.1, 0.15) is 5.69 Å². The molecule has 1 aromatic heterocycles. The first-order valence-corrected chi connectivity index (χ1v) is 5.38. The molecule has 0 bridgehead atoms. The number of hydrogen-bond acceptors (Lipinski definition) is 4. The summed E-state index contributed by atoms with van der Waals surface area (Å²) in [7, 11) is 0. The fourth-order valence-corrected chi connectivity index (χ4v) is 1.75. The number of hydrogen-bond donors (Lipinski definition) is 1. The molecule has 0 saturated heterocycles. The molecule has 0 radical (unpaired) electrons. The van der Waals surface area contributed by atoms with Crippen molar-refractivity contribution >= 4 is 34.7 Å². The monoisotopic (exact) mass is 264 g/mol. The molecule has 0 spiro atoms. The fraction of sp³-hybridized carbons (Fsp3) is 0. The number of nitriles is 1. The summed E-state index contributed by atoms with van der Waals surface area (Å²) in [6, 6.07) is 6.96.